The molecule has 1 atom stereocenters. The molecule has 0 saturated carbocycles. The largest absolute Gasteiger partial charge is 0.481 e. The minimum absolute atomic E-state index is 0.0795. The molecule has 1 unspecified atom stereocenters. The van der Waals surface area contributed by atoms with Gasteiger partial charge in [-0.15, -0.1) is 0 Å². The lowest BCUT2D eigenvalue weighted by Gasteiger charge is -2.13. The Labute approximate surface area is 99.9 Å². The fraction of sp³-hybridized carbons (Fsp3) is 0.250. The van der Waals surface area contributed by atoms with Crippen LogP contribution in [0.5, 0.6) is 5.88 Å². The minimum Gasteiger partial charge on any atom is -0.481 e. The molecule has 88 valence electrons. The predicted molar refractivity (Wildman–Crippen MR) is 64.9 cm³/mol. The van der Waals surface area contributed by atoms with E-state index in [-0.39, 0.29) is 6.04 Å². The molecule has 0 saturated heterocycles. The molecule has 0 amide bonds. The molecule has 0 spiro atoms. The summed E-state index contributed by atoms with van der Waals surface area (Å²) in [6.07, 6.45) is 3.24. The zero-order chi connectivity index (χ0) is 12.1. The summed E-state index contributed by atoms with van der Waals surface area (Å²) < 4.78 is 5.04. The second-order valence-corrected chi connectivity index (χ2v) is 3.57. The number of hydrogen-bond acceptors (Lipinski definition) is 5. The average molecular weight is 230 g/mol. The fourth-order valence-electron chi connectivity index (χ4n) is 1.46. The monoisotopic (exact) mass is 230 g/mol. The Balaban J connectivity index is 2.10. The van der Waals surface area contributed by atoms with E-state index in [0.717, 1.165) is 11.5 Å². The Morgan fingerprint density at radius 2 is 2.12 bits per heavy atom. The van der Waals surface area contributed by atoms with Crippen molar-refractivity contribution in [2.75, 3.05) is 12.4 Å². The number of nitrogens with one attached hydrogen (secondary N) is 1. The first-order valence-electron chi connectivity index (χ1n) is 5.33. The molecule has 0 aliphatic heterocycles. The van der Waals surface area contributed by atoms with Crippen molar-refractivity contribution in [3.05, 3.63) is 42.5 Å². The molecule has 0 bridgehead atoms. The Hall–Kier alpha value is -2.17. The fourth-order valence-corrected chi connectivity index (χ4v) is 1.46. The van der Waals surface area contributed by atoms with Crippen molar-refractivity contribution in [3.63, 3.8) is 0 Å². The van der Waals surface area contributed by atoms with Crippen LogP contribution in [0.3, 0.4) is 0 Å². The number of pyridine rings is 1. The lowest BCUT2D eigenvalue weighted by atomic mass is 10.2. The van der Waals surface area contributed by atoms with Gasteiger partial charge in [0.1, 0.15) is 12.1 Å². The third-order valence-corrected chi connectivity index (χ3v) is 2.35. The predicted octanol–water partition coefficient (Wildman–Crippen LogP) is 2.05. The summed E-state index contributed by atoms with van der Waals surface area (Å²) in [7, 11) is 1.58. The van der Waals surface area contributed by atoms with Gasteiger partial charge in [0.15, 0.2) is 0 Å². The van der Waals surface area contributed by atoms with Crippen LogP contribution < -0.4 is 10.1 Å². The van der Waals surface area contributed by atoms with E-state index >= 15 is 0 Å². The summed E-state index contributed by atoms with van der Waals surface area (Å²) in [4.78, 5) is 12.4. The summed E-state index contributed by atoms with van der Waals surface area (Å²) >= 11 is 0. The van der Waals surface area contributed by atoms with Crippen molar-refractivity contribution >= 4 is 5.82 Å². The van der Waals surface area contributed by atoms with Crippen LogP contribution in [0.1, 0.15) is 18.7 Å². The van der Waals surface area contributed by atoms with Crippen LogP contribution in [0.25, 0.3) is 0 Å². The molecule has 5 heteroatoms. The number of hydrogen-bond donors (Lipinski definition) is 1. The van der Waals surface area contributed by atoms with Gasteiger partial charge in [0.25, 0.3) is 0 Å². The van der Waals surface area contributed by atoms with Crippen LogP contribution in [-0.2, 0) is 0 Å². The van der Waals surface area contributed by atoms with Crippen molar-refractivity contribution in [2.24, 2.45) is 0 Å². The maximum absolute atomic E-state index is 5.04. The molecule has 1 N–H and O–H groups in total. The summed E-state index contributed by atoms with van der Waals surface area (Å²) in [5.74, 6) is 1.26. The maximum atomic E-state index is 5.04. The van der Waals surface area contributed by atoms with E-state index in [2.05, 4.69) is 20.3 Å². The van der Waals surface area contributed by atoms with Crippen LogP contribution >= 0.6 is 0 Å². The van der Waals surface area contributed by atoms with E-state index in [1.807, 2.05) is 25.1 Å². The van der Waals surface area contributed by atoms with Crippen molar-refractivity contribution in [3.8, 4) is 5.88 Å². The highest BCUT2D eigenvalue weighted by Gasteiger charge is 2.07. The maximum Gasteiger partial charge on any atom is 0.218 e. The van der Waals surface area contributed by atoms with Gasteiger partial charge in [0.05, 0.1) is 18.8 Å². The second kappa shape index (κ2) is 5.25. The molecule has 2 aromatic rings. The molecule has 0 aliphatic carbocycles. The molecule has 0 fully saturated rings. The number of rotatable bonds is 4. The summed E-state index contributed by atoms with van der Waals surface area (Å²) in [6.45, 7) is 2.02. The van der Waals surface area contributed by atoms with Gasteiger partial charge in [-0.3, -0.25) is 4.98 Å². The molecular weight excluding hydrogens is 216 g/mol. The smallest absolute Gasteiger partial charge is 0.218 e. The van der Waals surface area contributed by atoms with Crippen LogP contribution in [0, 0.1) is 0 Å². The zero-order valence-corrected chi connectivity index (χ0v) is 9.79. The number of ether oxygens (including phenoxy) is 1. The first kappa shape index (κ1) is 11.3. The third kappa shape index (κ3) is 2.90. The van der Waals surface area contributed by atoms with Crippen LogP contribution in [0.15, 0.2) is 36.8 Å². The number of nitrogens with zero attached hydrogens (tertiary/aromatic N) is 3. The van der Waals surface area contributed by atoms with E-state index in [4.69, 9.17) is 4.74 Å². The lowest BCUT2D eigenvalue weighted by molar-refractivity contribution is 0.397. The van der Waals surface area contributed by atoms with Crippen LogP contribution in [0.2, 0.25) is 0 Å². The minimum atomic E-state index is 0.0795. The van der Waals surface area contributed by atoms with E-state index < -0.39 is 0 Å². The quantitative estimate of drug-likeness (QED) is 0.871. The van der Waals surface area contributed by atoms with Gasteiger partial charge in [0.2, 0.25) is 5.88 Å². The highest BCUT2D eigenvalue weighted by atomic mass is 16.5. The first-order valence-corrected chi connectivity index (χ1v) is 5.33. The number of aromatic nitrogens is 3. The van der Waals surface area contributed by atoms with E-state index in [1.54, 1.807) is 19.4 Å². The third-order valence-electron chi connectivity index (χ3n) is 2.35. The summed E-state index contributed by atoms with van der Waals surface area (Å²) in [5, 5.41) is 3.24. The van der Waals surface area contributed by atoms with Gasteiger partial charge in [-0.05, 0) is 19.1 Å². The summed E-state index contributed by atoms with van der Waals surface area (Å²) in [5.41, 5.74) is 0.963. The van der Waals surface area contributed by atoms with Crippen molar-refractivity contribution in [2.45, 2.75) is 13.0 Å². The van der Waals surface area contributed by atoms with Crippen molar-refractivity contribution in [1.82, 2.24) is 15.0 Å². The zero-order valence-electron chi connectivity index (χ0n) is 9.79. The molecule has 0 aromatic carbocycles. The molecule has 2 heterocycles. The van der Waals surface area contributed by atoms with Gasteiger partial charge < -0.3 is 10.1 Å². The van der Waals surface area contributed by atoms with Gasteiger partial charge in [-0.1, -0.05) is 6.07 Å². The van der Waals surface area contributed by atoms with E-state index in [0.29, 0.717) is 5.88 Å². The van der Waals surface area contributed by atoms with Gasteiger partial charge in [0, 0.05) is 12.3 Å². The lowest BCUT2D eigenvalue weighted by Crippen LogP contribution is -2.09. The van der Waals surface area contributed by atoms with E-state index in [1.165, 1.54) is 6.33 Å². The number of anilines is 1. The molecular formula is C12H14N4O. The SMILES string of the molecule is COc1cc(NC(C)c2ccccn2)ncn1. The molecule has 0 radical (unpaired) electrons. The molecule has 17 heavy (non-hydrogen) atoms. The molecule has 2 aromatic heterocycles. The van der Waals surface area contributed by atoms with Crippen molar-refractivity contribution < 1.29 is 4.74 Å². The topological polar surface area (TPSA) is 59.9 Å². The Morgan fingerprint density at radius 1 is 1.24 bits per heavy atom. The first-order chi connectivity index (χ1) is 8.29. The van der Waals surface area contributed by atoms with Crippen molar-refractivity contribution in [1.29, 1.82) is 0 Å². The Kier molecular flexibility index (Phi) is 3.49. The Morgan fingerprint density at radius 3 is 2.82 bits per heavy atom. The average Bonchev–Trinajstić information content (AvgIpc) is 2.40. The van der Waals surface area contributed by atoms with Crippen LogP contribution in [0.4, 0.5) is 5.82 Å². The van der Waals surface area contributed by atoms with Gasteiger partial charge in [-0.2, -0.15) is 0 Å². The number of methoxy groups -OCH3 is 1. The van der Waals surface area contributed by atoms with Gasteiger partial charge >= 0.3 is 0 Å². The van der Waals surface area contributed by atoms with Crippen LogP contribution in [-0.4, -0.2) is 22.1 Å². The highest BCUT2D eigenvalue weighted by Crippen LogP contribution is 2.17. The normalized spacial score (nSPS) is 11.9. The van der Waals surface area contributed by atoms with Gasteiger partial charge in [-0.25, -0.2) is 9.97 Å². The Bertz CT molecular complexity index is 475. The molecule has 0 aliphatic rings. The highest BCUT2D eigenvalue weighted by molar-refractivity contribution is 5.39. The summed E-state index contributed by atoms with van der Waals surface area (Å²) in [6, 6.07) is 7.65. The molecule has 5 nitrogen and oxygen atoms in total. The standard InChI is InChI=1S/C12H14N4O/c1-9(10-5-3-4-6-13-10)16-11-7-12(17-2)15-8-14-11/h3-9H,1-2H3,(H,14,15,16). The molecule has 2 rings (SSSR count). The second-order valence-electron chi connectivity index (χ2n) is 3.57. The van der Waals surface area contributed by atoms with E-state index in [9.17, 15) is 0 Å².